The molecule has 0 aliphatic heterocycles. The third-order valence-electron chi connectivity index (χ3n) is 4.97. The molecule has 142 valence electrons. The van der Waals surface area contributed by atoms with Crippen molar-refractivity contribution >= 4 is 15.9 Å². The number of benzene rings is 2. The molecule has 0 saturated heterocycles. The number of sulfonamides is 1. The van der Waals surface area contributed by atoms with Crippen LogP contribution in [0.25, 0.3) is 11.1 Å². The van der Waals surface area contributed by atoms with E-state index in [4.69, 9.17) is 0 Å². The topological polar surface area (TPSA) is 75.3 Å². The van der Waals surface area contributed by atoms with Gasteiger partial charge in [-0.3, -0.25) is 10.2 Å². The SMILES string of the molecule is Cc1cc(-c2ccccc2)cc(C(=O)NNS(=O)(=O)C2(C)CCC2)c1F.[HH].[HH]. The van der Waals surface area contributed by atoms with Crippen LogP contribution in [0.3, 0.4) is 0 Å². The predicted molar refractivity (Wildman–Crippen MR) is 103 cm³/mol. The Kier molecular flexibility index (Phi) is 4.86. The van der Waals surface area contributed by atoms with E-state index in [9.17, 15) is 17.6 Å². The molecule has 0 unspecified atom stereocenters. The predicted octanol–water partition coefficient (Wildman–Crippen LogP) is 3.80. The van der Waals surface area contributed by atoms with E-state index >= 15 is 0 Å². The molecule has 2 aromatic carbocycles. The summed E-state index contributed by atoms with van der Waals surface area (Å²) in [5.41, 5.74) is 3.77. The molecule has 2 N–H and O–H groups in total. The number of rotatable bonds is 5. The lowest BCUT2D eigenvalue weighted by molar-refractivity contribution is 0.0940. The third kappa shape index (κ3) is 3.37. The maximum absolute atomic E-state index is 14.4. The zero-order valence-electron chi connectivity index (χ0n) is 14.7. The van der Waals surface area contributed by atoms with Crippen LogP contribution in [0.1, 0.15) is 45.0 Å². The zero-order valence-corrected chi connectivity index (χ0v) is 15.5. The molecule has 1 aliphatic rings. The monoisotopic (exact) mass is 380 g/mol. The van der Waals surface area contributed by atoms with Crippen LogP contribution in [-0.4, -0.2) is 19.1 Å². The second kappa shape index (κ2) is 6.81. The van der Waals surface area contributed by atoms with E-state index in [1.54, 1.807) is 19.9 Å². The van der Waals surface area contributed by atoms with Gasteiger partial charge in [-0.1, -0.05) is 36.8 Å². The van der Waals surface area contributed by atoms with E-state index in [1.807, 2.05) is 30.3 Å². The van der Waals surface area contributed by atoms with Gasteiger partial charge in [0, 0.05) is 2.85 Å². The van der Waals surface area contributed by atoms with Crippen molar-refractivity contribution in [3.05, 3.63) is 59.4 Å². The molecule has 1 saturated carbocycles. The molecule has 3 rings (SSSR count). The Labute approximate surface area is 155 Å². The molecule has 26 heavy (non-hydrogen) atoms. The smallest absolute Gasteiger partial charge is 0.269 e. The molecule has 1 amide bonds. The number of carbonyl (C=O) groups is 1. The highest BCUT2D eigenvalue weighted by Crippen LogP contribution is 2.37. The highest BCUT2D eigenvalue weighted by molar-refractivity contribution is 7.90. The van der Waals surface area contributed by atoms with Gasteiger partial charge >= 0.3 is 0 Å². The largest absolute Gasteiger partial charge is 0.274 e. The lowest BCUT2D eigenvalue weighted by Crippen LogP contribution is -2.54. The van der Waals surface area contributed by atoms with E-state index in [2.05, 4.69) is 10.3 Å². The van der Waals surface area contributed by atoms with Crippen molar-refractivity contribution in [2.24, 2.45) is 0 Å². The molecular weight excluding hydrogens is 355 g/mol. The van der Waals surface area contributed by atoms with Crippen LogP contribution in [0.4, 0.5) is 4.39 Å². The van der Waals surface area contributed by atoms with Crippen molar-refractivity contribution in [1.29, 1.82) is 0 Å². The van der Waals surface area contributed by atoms with Crippen molar-refractivity contribution in [2.45, 2.75) is 37.9 Å². The number of hydrogen-bond donors (Lipinski definition) is 2. The summed E-state index contributed by atoms with van der Waals surface area (Å²) in [6.07, 6.45) is 1.91. The highest BCUT2D eigenvalue weighted by atomic mass is 32.2. The maximum atomic E-state index is 14.4. The van der Waals surface area contributed by atoms with Gasteiger partial charge in [0.2, 0.25) is 10.0 Å². The molecule has 0 aromatic heterocycles. The van der Waals surface area contributed by atoms with Crippen molar-refractivity contribution in [3.8, 4) is 11.1 Å². The fourth-order valence-electron chi connectivity index (χ4n) is 2.98. The van der Waals surface area contributed by atoms with E-state index < -0.39 is 26.5 Å². The van der Waals surface area contributed by atoms with Crippen LogP contribution in [0.5, 0.6) is 0 Å². The van der Waals surface area contributed by atoms with Gasteiger partial charge in [-0.25, -0.2) is 12.8 Å². The number of carbonyl (C=O) groups excluding carboxylic acids is 1. The first kappa shape index (κ1) is 18.5. The molecule has 7 heteroatoms. The molecular formula is C19H25FN2O3S. The standard InChI is InChI=1S/C19H21FN2O3S.2H2/c1-13-11-15(14-7-4-3-5-8-14)12-16(17(13)20)18(23)21-22-26(24,25)19(2)9-6-10-19;;/h3-5,7-8,11-12,22H,6,9-10H2,1-2H3,(H,21,23);2*1H. The first-order valence-electron chi connectivity index (χ1n) is 8.41. The number of hydrazine groups is 1. The summed E-state index contributed by atoms with van der Waals surface area (Å²) >= 11 is 0. The zero-order chi connectivity index (χ0) is 18.9. The third-order valence-corrected chi connectivity index (χ3v) is 7.04. The van der Waals surface area contributed by atoms with Gasteiger partial charge in [-0.15, -0.1) is 4.83 Å². The minimum absolute atomic E-state index is 0. The second-order valence-electron chi connectivity index (χ2n) is 6.88. The van der Waals surface area contributed by atoms with Crippen LogP contribution in [-0.2, 0) is 10.0 Å². The van der Waals surface area contributed by atoms with Crippen LogP contribution in [0, 0.1) is 12.7 Å². The van der Waals surface area contributed by atoms with Gasteiger partial charge in [0.25, 0.3) is 5.91 Å². The van der Waals surface area contributed by atoms with Gasteiger partial charge in [-0.05, 0) is 55.5 Å². The Balaban J connectivity index is 0.00000196. The summed E-state index contributed by atoms with van der Waals surface area (Å²) in [7, 11) is -3.72. The summed E-state index contributed by atoms with van der Waals surface area (Å²) in [6, 6.07) is 12.3. The first-order valence-corrected chi connectivity index (χ1v) is 9.89. The van der Waals surface area contributed by atoms with Crippen LogP contribution >= 0.6 is 0 Å². The van der Waals surface area contributed by atoms with E-state index in [0.717, 1.165) is 12.0 Å². The highest BCUT2D eigenvalue weighted by Gasteiger charge is 2.44. The Bertz CT molecular complexity index is 949. The van der Waals surface area contributed by atoms with Gasteiger partial charge in [-0.2, -0.15) is 0 Å². The molecule has 0 radical (unpaired) electrons. The minimum Gasteiger partial charge on any atom is -0.274 e. The molecule has 0 atom stereocenters. The summed E-state index contributed by atoms with van der Waals surface area (Å²) in [5.74, 6) is -1.49. The molecule has 2 aromatic rings. The maximum Gasteiger partial charge on any atom is 0.269 e. The second-order valence-corrected chi connectivity index (χ2v) is 9.08. The van der Waals surface area contributed by atoms with Gasteiger partial charge in [0.05, 0.1) is 10.3 Å². The fourth-order valence-corrected chi connectivity index (χ4v) is 4.28. The minimum atomic E-state index is -3.72. The van der Waals surface area contributed by atoms with Crippen LogP contribution in [0.15, 0.2) is 42.5 Å². The molecule has 1 aliphatic carbocycles. The van der Waals surface area contributed by atoms with Crippen molar-refractivity contribution in [2.75, 3.05) is 0 Å². The average molecular weight is 380 g/mol. The molecule has 1 fully saturated rings. The van der Waals surface area contributed by atoms with Crippen LogP contribution in [0.2, 0.25) is 0 Å². The van der Waals surface area contributed by atoms with Gasteiger partial charge < -0.3 is 0 Å². The van der Waals surface area contributed by atoms with Crippen molar-refractivity contribution in [3.63, 3.8) is 0 Å². The summed E-state index contributed by atoms with van der Waals surface area (Å²) in [6.45, 7) is 3.20. The molecule has 0 spiro atoms. The van der Waals surface area contributed by atoms with Crippen molar-refractivity contribution in [1.82, 2.24) is 10.3 Å². The van der Waals surface area contributed by atoms with Gasteiger partial charge in [0.1, 0.15) is 5.82 Å². The number of hydrogen-bond acceptors (Lipinski definition) is 3. The average Bonchev–Trinajstić information content (AvgIpc) is 2.60. The van der Waals surface area contributed by atoms with E-state index in [1.165, 1.54) is 6.07 Å². The van der Waals surface area contributed by atoms with Crippen LogP contribution < -0.4 is 10.3 Å². The number of amides is 1. The number of halogens is 1. The fraction of sp³-hybridized carbons (Fsp3) is 0.316. The summed E-state index contributed by atoms with van der Waals surface area (Å²) in [4.78, 5) is 14.5. The molecule has 5 nitrogen and oxygen atoms in total. The lowest BCUT2D eigenvalue weighted by Gasteiger charge is -2.37. The van der Waals surface area contributed by atoms with E-state index in [-0.39, 0.29) is 8.42 Å². The molecule has 0 bridgehead atoms. The molecule has 0 heterocycles. The van der Waals surface area contributed by atoms with Crippen molar-refractivity contribution < 1.29 is 20.5 Å². The summed E-state index contributed by atoms with van der Waals surface area (Å²) in [5, 5.41) is 0. The number of nitrogens with one attached hydrogen (secondary N) is 2. The lowest BCUT2D eigenvalue weighted by atomic mass is 9.86. The Hall–Kier alpha value is -2.25. The normalized spacial score (nSPS) is 16.0. The summed E-state index contributed by atoms with van der Waals surface area (Å²) < 4.78 is 38.1. The first-order chi connectivity index (χ1) is 12.2. The Morgan fingerprint density at radius 3 is 2.38 bits per heavy atom. The quantitative estimate of drug-likeness (QED) is 0.775. The number of aryl methyl sites for hydroxylation is 1. The Morgan fingerprint density at radius 1 is 1.15 bits per heavy atom. The van der Waals surface area contributed by atoms with E-state index in [0.29, 0.717) is 24.0 Å². The van der Waals surface area contributed by atoms with Gasteiger partial charge in [0.15, 0.2) is 0 Å². The Morgan fingerprint density at radius 2 is 1.81 bits per heavy atom.